The summed E-state index contributed by atoms with van der Waals surface area (Å²) < 4.78 is 0. The van der Waals surface area contributed by atoms with Crippen molar-refractivity contribution >= 4 is 17.7 Å². The summed E-state index contributed by atoms with van der Waals surface area (Å²) in [6, 6.07) is 0. The minimum atomic E-state index is -0.710. The highest BCUT2D eigenvalue weighted by Crippen LogP contribution is 2.14. The number of hydrogen-bond acceptors (Lipinski definition) is 6. The molecule has 1 unspecified atom stereocenters. The zero-order chi connectivity index (χ0) is 17.3. The fourth-order valence-corrected chi connectivity index (χ4v) is 1.81. The van der Waals surface area contributed by atoms with Crippen LogP contribution in [0.4, 0.5) is 0 Å². The van der Waals surface area contributed by atoms with Crippen LogP contribution in [0.3, 0.4) is 0 Å². The minimum Gasteiger partial charge on any atom is -0.350 e. The van der Waals surface area contributed by atoms with E-state index in [0.717, 1.165) is 0 Å². The summed E-state index contributed by atoms with van der Waals surface area (Å²) in [4.78, 5) is 34.9. The standard InChI is InChI=1S/C13H23N7O3/c1-3-13(2,18-12(23)8-16-11(22)5-14)4-10(21)15-6-9-7-17-20-19-9/h7H,3-6,8,14H2,1-2H3,(H,15,21)(H,16,22)(H,18,23)(H,17,19,20). The highest BCUT2D eigenvalue weighted by atomic mass is 16.2. The number of amides is 3. The number of carbonyl (C=O) groups is 3. The highest BCUT2D eigenvalue weighted by molar-refractivity contribution is 5.86. The van der Waals surface area contributed by atoms with Crippen molar-refractivity contribution < 1.29 is 14.4 Å². The van der Waals surface area contributed by atoms with Gasteiger partial charge in [-0.1, -0.05) is 6.92 Å². The molecule has 0 fully saturated rings. The van der Waals surface area contributed by atoms with Crippen LogP contribution in [0.2, 0.25) is 0 Å². The molecule has 6 N–H and O–H groups in total. The summed E-state index contributed by atoms with van der Waals surface area (Å²) in [5.74, 6) is -1.01. The van der Waals surface area contributed by atoms with E-state index in [0.29, 0.717) is 12.1 Å². The average molecular weight is 325 g/mol. The lowest BCUT2D eigenvalue weighted by molar-refractivity contribution is -0.127. The molecule has 0 saturated heterocycles. The van der Waals surface area contributed by atoms with Crippen molar-refractivity contribution in [3.05, 3.63) is 11.9 Å². The second kappa shape index (κ2) is 8.83. The summed E-state index contributed by atoms with van der Waals surface area (Å²) >= 11 is 0. The SMILES string of the molecule is CCC(C)(CC(=O)NCc1cn[nH]n1)NC(=O)CNC(=O)CN. The van der Waals surface area contributed by atoms with E-state index in [2.05, 4.69) is 31.4 Å². The van der Waals surface area contributed by atoms with Crippen LogP contribution in [0, 0.1) is 0 Å². The number of nitrogens with two attached hydrogens (primary N) is 1. The Balaban J connectivity index is 2.43. The summed E-state index contributed by atoms with van der Waals surface area (Å²) in [7, 11) is 0. The van der Waals surface area contributed by atoms with E-state index in [9.17, 15) is 14.4 Å². The Hall–Kier alpha value is -2.49. The number of nitrogens with one attached hydrogen (secondary N) is 4. The molecule has 10 nitrogen and oxygen atoms in total. The van der Waals surface area contributed by atoms with Gasteiger partial charge in [0.25, 0.3) is 0 Å². The first-order valence-corrected chi connectivity index (χ1v) is 7.27. The van der Waals surface area contributed by atoms with Crippen LogP contribution in [-0.2, 0) is 20.9 Å². The molecule has 0 aliphatic carbocycles. The van der Waals surface area contributed by atoms with E-state index >= 15 is 0 Å². The summed E-state index contributed by atoms with van der Waals surface area (Å²) in [6.45, 7) is 3.54. The van der Waals surface area contributed by atoms with Crippen LogP contribution in [-0.4, -0.2) is 51.8 Å². The molecule has 1 aromatic rings. The predicted molar refractivity (Wildman–Crippen MR) is 81.7 cm³/mol. The lowest BCUT2D eigenvalue weighted by Gasteiger charge is -2.29. The average Bonchev–Trinajstić information content (AvgIpc) is 3.03. The maximum atomic E-state index is 12.0. The fraction of sp³-hybridized carbons (Fsp3) is 0.615. The summed E-state index contributed by atoms with van der Waals surface area (Å²) in [5.41, 5.74) is 5.05. The summed E-state index contributed by atoms with van der Waals surface area (Å²) in [5, 5.41) is 17.8. The van der Waals surface area contributed by atoms with Gasteiger partial charge in [0.2, 0.25) is 17.7 Å². The molecule has 23 heavy (non-hydrogen) atoms. The van der Waals surface area contributed by atoms with Crippen LogP contribution in [0.15, 0.2) is 6.20 Å². The van der Waals surface area contributed by atoms with E-state index in [-0.39, 0.29) is 37.9 Å². The van der Waals surface area contributed by atoms with Crippen LogP contribution >= 0.6 is 0 Å². The molecule has 0 radical (unpaired) electrons. The van der Waals surface area contributed by atoms with Crippen molar-refractivity contribution in [2.45, 2.75) is 38.8 Å². The Morgan fingerprint density at radius 3 is 2.57 bits per heavy atom. The Labute approximate surface area is 134 Å². The van der Waals surface area contributed by atoms with Gasteiger partial charge in [0.05, 0.1) is 25.8 Å². The van der Waals surface area contributed by atoms with Crippen LogP contribution in [0.5, 0.6) is 0 Å². The molecule has 1 rings (SSSR count). The number of aromatic amines is 1. The van der Waals surface area contributed by atoms with Gasteiger partial charge in [-0.3, -0.25) is 14.4 Å². The fourth-order valence-electron chi connectivity index (χ4n) is 1.81. The van der Waals surface area contributed by atoms with E-state index < -0.39 is 11.4 Å². The van der Waals surface area contributed by atoms with Gasteiger partial charge in [0.1, 0.15) is 5.69 Å². The largest absolute Gasteiger partial charge is 0.350 e. The third-order valence-corrected chi connectivity index (χ3v) is 3.34. The van der Waals surface area contributed by atoms with E-state index in [4.69, 9.17) is 5.73 Å². The van der Waals surface area contributed by atoms with E-state index in [1.54, 1.807) is 6.92 Å². The van der Waals surface area contributed by atoms with E-state index in [1.165, 1.54) is 6.20 Å². The molecule has 0 aliphatic heterocycles. The number of rotatable bonds is 9. The highest BCUT2D eigenvalue weighted by Gasteiger charge is 2.27. The quantitative estimate of drug-likeness (QED) is 0.360. The Morgan fingerprint density at radius 2 is 2.00 bits per heavy atom. The molecular formula is C13H23N7O3. The van der Waals surface area contributed by atoms with Crippen molar-refractivity contribution in [2.75, 3.05) is 13.1 Å². The first-order chi connectivity index (χ1) is 10.9. The molecule has 0 aliphatic rings. The van der Waals surface area contributed by atoms with Crippen molar-refractivity contribution in [1.29, 1.82) is 0 Å². The number of aromatic nitrogens is 3. The molecule has 0 spiro atoms. The molecule has 128 valence electrons. The Bertz CT molecular complexity index is 532. The van der Waals surface area contributed by atoms with Gasteiger partial charge in [-0.05, 0) is 13.3 Å². The van der Waals surface area contributed by atoms with Crippen molar-refractivity contribution in [1.82, 2.24) is 31.4 Å². The first kappa shape index (κ1) is 18.6. The third-order valence-electron chi connectivity index (χ3n) is 3.34. The van der Waals surface area contributed by atoms with Crippen LogP contribution < -0.4 is 21.7 Å². The molecule has 1 atom stereocenters. The maximum Gasteiger partial charge on any atom is 0.239 e. The second-order valence-electron chi connectivity index (χ2n) is 5.36. The molecule has 1 heterocycles. The predicted octanol–water partition coefficient (Wildman–Crippen LogP) is -1.83. The lowest BCUT2D eigenvalue weighted by atomic mass is 9.94. The zero-order valence-corrected chi connectivity index (χ0v) is 13.3. The maximum absolute atomic E-state index is 12.0. The normalized spacial score (nSPS) is 13.0. The molecule has 1 aromatic heterocycles. The van der Waals surface area contributed by atoms with Gasteiger partial charge < -0.3 is 21.7 Å². The number of carbonyl (C=O) groups excluding carboxylic acids is 3. The van der Waals surface area contributed by atoms with Gasteiger partial charge in [-0.25, -0.2) is 0 Å². The Kier molecular flexibility index (Phi) is 7.13. The van der Waals surface area contributed by atoms with Crippen LogP contribution in [0.25, 0.3) is 0 Å². The van der Waals surface area contributed by atoms with Crippen molar-refractivity contribution in [3.8, 4) is 0 Å². The first-order valence-electron chi connectivity index (χ1n) is 7.27. The van der Waals surface area contributed by atoms with Crippen molar-refractivity contribution in [3.63, 3.8) is 0 Å². The van der Waals surface area contributed by atoms with Gasteiger partial charge in [0, 0.05) is 12.0 Å². The molecule has 3 amide bonds. The number of hydrogen-bond donors (Lipinski definition) is 5. The minimum absolute atomic E-state index is 0.109. The zero-order valence-electron chi connectivity index (χ0n) is 13.3. The second-order valence-corrected chi connectivity index (χ2v) is 5.36. The monoisotopic (exact) mass is 325 g/mol. The van der Waals surface area contributed by atoms with Gasteiger partial charge in [-0.2, -0.15) is 15.4 Å². The van der Waals surface area contributed by atoms with Crippen molar-refractivity contribution in [2.24, 2.45) is 5.73 Å². The molecule has 0 aromatic carbocycles. The topological polar surface area (TPSA) is 155 Å². The van der Waals surface area contributed by atoms with Gasteiger partial charge in [-0.15, -0.1) is 0 Å². The lowest BCUT2D eigenvalue weighted by Crippen LogP contribution is -2.51. The van der Waals surface area contributed by atoms with Gasteiger partial charge >= 0.3 is 0 Å². The number of H-pyrrole nitrogens is 1. The Morgan fingerprint density at radius 1 is 1.26 bits per heavy atom. The molecule has 0 saturated carbocycles. The third kappa shape index (κ3) is 6.87. The molecule has 10 heteroatoms. The van der Waals surface area contributed by atoms with E-state index in [1.807, 2.05) is 6.92 Å². The molecular weight excluding hydrogens is 302 g/mol. The van der Waals surface area contributed by atoms with Crippen LogP contribution in [0.1, 0.15) is 32.4 Å². The number of nitrogens with zero attached hydrogens (tertiary/aromatic N) is 2. The molecule has 0 bridgehead atoms. The summed E-state index contributed by atoms with van der Waals surface area (Å²) in [6.07, 6.45) is 2.18. The van der Waals surface area contributed by atoms with Gasteiger partial charge in [0.15, 0.2) is 0 Å². The smallest absolute Gasteiger partial charge is 0.239 e.